The first-order valence-electron chi connectivity index (χ1n) is 16.8. The largest absolute Gasteiger partial charge is 0.426 e. The summed E-state index contributed by atoms with van der Waals surface area (Å²) in [6.07, 6.45) is 12.8. The molecule has 0 spiro atoms. The number of esters is 1. The van der Waals surface area contributed by atoms with Crippen LogP contribution in [0.15, 0.2) is 42.6 Å². The first kappa shape index (κ1) is 30.7. The van der Waals surface area contributed by atoms with Crippen LogP contribution >= 0.6 is 11.6 Å². The summed E-state index contributed by atoms with van der Waals surface area (Å²) in [7, 11) is 0. The van der Waals surface area contributed by atoms with Crippen LogP contribution in [0.1, 0.15) is 65.1 Å². The molecule has 10 heteroatoms. The highest BCUT2D eigenvalue weighted by atomic mass is 35.5. The van der Waals surface area contributed by atoms with Crippen LogP contribution in [0.25, 0.3) is 39.0 Å². The van der Waals surface area contributed by atoms with Gasteiger partial charge in [-0.25, -0.2) is 14.4 Å². The molecule has 2 atom stereocenters. The van der Waals surface area contributed by atoms with Crippen LogP contribution in [0, 0.1) is 11.2 Å². The van der Waals surface area contributed by atoms with Crippen LogP contribution in [-0.2, 0) is 4.79 Å². The number of carbonyl (C=O) groups excluding carboxylic acids is 1. The van der Waals surface area contributed by atoms with E-state index >= 15 is 4.39 Å². The van der Waals surface area contributed by atoms with Gasteiger partial charge in [-0.3, -0.25) is 14.7 Å². The minimum atomic E-state index is -0.718. The lowest BCUT2D eigenvalue weighted by molar-refractivity contribution is -0.142. The Bertz CT molecular complexity index is 1920. The standard InChI is InChI=1S/C37H40ClFN6O2/c1-36(2,3)35(46)47-25-17-22-7-4-8-28(38)30(22)26(18-25)32-31(39)33-27(19-40-32)34(44-20-23-9-10-24(21-44)41-23)43-29(42-33)11-14-37-12-5-15-45(37)16-6-13-37/h4,7-8,11,14,17-19,23-24,41H,5-6,9-10,12-13,15-16,20-21H2,1-3H3/b14-11+/t23-,24+. The molecule has 0 saturated carbocycles. The van der Waals surface area contributed by atoms with Gasteiger partial charge in [-0.05, 0) is 102 Å². The molecule has 8 nitrogen and oxygen atoms in total. The number of benzene rings is 2. The summed E-state index contributed by atoms with van der Waals surface area (Å²) in [6.45, 7) is 9.21. The van der Waals surface area contributed by atoms with Crippen molar-refractivity contribution in [2.24, 2.45) is 5.41 Å². The van der Waals surface area contributed by atoms with Gasteiger partial charge in [-0.15, -0.1) is 0 Å². The van der Waals surface area contributed by atoms with Crippen LogP contribution in [-0.4, -0.2) is 69.6 Å². The number of fused-ring (bicyclic) bond motifs is 5. The third-order valence-electron chi connectivity index (χ3n) is 10.4. The molecule has 1 N–H and O–H groups in total. The second-order valence-electron chi connectivity index (χ2n) is 14.7. The maximum Gasteiger partial charge on any atom is 0.316 e. The Hall–Kier alpha value is -3.66. The molecule has 2 aromatic heterocycles. The van der Waals surface area contributed by atoms with Crippen molar-refractivity contribution in [1.29, 1.82) is 0 Å². The summed E-state index contributed by atoms with van der Waals surface area (Å²) in [5, 5.41) is 6.07. The van der Waals surface area contributed by atoms with Crippen molar-refractivity contribution in [1.82, 2.24) is 25.2 Å². The fourth-order valence-electron chi connectivity index (χ4n) is 8.04. The smallest absolute Gasteiger partial charge is 0.316 e. The van der Waals surface area contributed by atoms with E-state index in [1.165, 1.54) is 12.8 Å². The molecule has 2 aromatic carbocycles. The molecule has 0 radical (unpaired) electrons. The number of anilines is 1. The second kappa shape index (κ2) is 11.5. The Morgan fingerprint density at radius 2 is 1.85 bits per heavy atom. The molecule has 8 rings (SSSR count). The zero-order valence-electron chi connectivity index (χ0n) is 27.2. The normalized spacial score (nSPS) is 22.5. The predicted molar refractivity (Wildman–Crippen MR) is 184 cm³/mol. The Morgan fingerprint density at radius 3 is 2.57 bits per heavy atom. The summed E-state index contributed by atoms with van der Waals surface area (Å²) in [5.41, 5.74) is 0.0723. The second-order valence-corrected chi connectivity index (χ2v) is 15.1. The maximum absolute atomic E-state index is 17.1. The molecule has 4 saturated heterocycles. The van der Waals surface area contributed by atoms with Crippen molar-refractivity contribution in [3.8, 4) is 17.0 Å². The van der Waals surface area contributed by atoms with E-state index in [0.717, 1.165) is 51.9 Å². The summed E-state index contributed by atoms with van der Waals surface area (Å²) in [4.78, 5) is 32.3. The monoisotopic (exact) mass is 654 g/mol. The molecule has 0 unspecified atom stereocenters. The van der Waals surface area contributed by atoms with E-state index in [0.29, 0.717) is 56.2 Å². The number of hydrogen-bond donors (Lipinski definition) is 1. The van der Waals surface area contributed by atoms with Gasteiger partial charge < -0.3 is 15.0 Å². The van der Waals surface area contributed by atoms with E-state index in [1.807, 2.05) is 18.2 Å². The Balaban J connectivity index is 1.29. The van der Waals surface area contributed by atoms with Crippen LogP contribution in [0.4, 0.5) is 10.2 Å². The number of nitrogens with one attached hydrogen (secondary N) is 1. The minimum absolute atomic E-state index is 0.0369. The molecule has 0 aliphatic carbocycles. The summed E-state index contributed by atoms with van der Waals surface area (Å²) in [5.74, 6) is 0.572. The number of hydrogen-bond acceptors (Lipinski definition) is 8. The Kier molecular flexibility index (Phi) is 7.50. The number of halogens is 2. The molecule has 4 fully saturated rings. The first-order chi connectivity index (χ1) is 22.6. The highest BCUT2D eigenvalue weighted by Gasteiger charge is 2.42. The van der Waals surface area contributed by atoms with Crippen LogP contribution in [0.5, 0.6) is 5.75 Å². The molecule has 47 heavy (non-hydrogen) atoms. The summed E-state index contributed by atoms with van der Waals surface area (Å²) in [6, 6.07) is 9.63. The van der Waals surface area contributed by atoms with Gasteiger partial charge in [-0.1, -0.05) is 29.8 Å². The van der Waals surface area contributed by atoms with E-state index in [2.05, 4.69) is 21.2 Å². The van der Waals surface area contributed by atoms with Crippen molar-refractivity contribution in [2.45, 2.75) is 76.9 Å². The molecule has 4 aliphatic heterocycles. The molecule has 0 amide bonds. The lowest BCUT2D eigenvalue weighted by atomic mass is 9.93. The van der Waals surface area contributed by atoms with Gasteiger partial charge in [0.25, 0.3) is 0 Å². The average Bonchev–Trinajstić information content (AvgIpc) is 3.73. The van der Waals surface area contributed by atoms with Crippen LogP contribution < -0.4 is 15.0 Å². The van der Waals surface area contributed by atoms with E-state index in [9.17, 15) is 4.79 Å². The van der Waals surface area contributed by atoms with Gasteiger partial charge in [0.1, 0.15) is 22.8 Å². The zero-order valence-corrected chi connectivity index (χ0v) is 27.9. The van der Waals surface area contributed by atoms with Gasteiger partial charge >= 0.3 is 5.97 Å². The number of rotatable bonds is 5. The van der Waals surface area contributed by atoms with E-state index in [1.54, 1.807) is 45.2 Å². The van der Waals surface area contributed by atoms with Gasteiger partial charge in [0.05, 0.1) is 10.8 Å². The van der Waals surface area contributed by atoms with E-state index < -0.39 is 17.2 Å². The van der Waals surface area contributed by atoms with Crippen molar-refractivity contribution in [2.75, 3.05) is 31.1 Å². The number of nitrogens with zero attached hydrogens (tertiary/aromatic N) is 5. The fourth-order valence-corrected chi connectivity index (χ4v) is 8.33. The Labute approximate surface area is 279 Å². The summed E-state index contributed by atoms with van der Waals surface area (Å²) < 4.78 is 22.9. The highest BCUT2D eigenvalue weighted by Crippen LogP contribution is 2.42. The first-order valence-corrected chi connectivity index (χ1v) is 17.2. The van der Waals surface area contributed by atoms with Crippen molar-refractivity contribution >= 4 is 51.1 Å². The third kappa shape index (κ3) is 5.46. The molecule has 244 valence electrons. The van der Waals surface area contributed by atoms with Gasteiger partial charge in [0.15, 0.2) is 11.6 Å². The number of carbonyl (C=O) groups is 1. The SMILES string of the molecule is CC(C)(C)C(=O)Oc1cc(-c2ncc3c(N4C[C@H]5CC[C@@H](C4)N5)nc(/C=C/C45CCCN4CCC5)nc3c2F)c2c(Cl)cccc2c1. The van der Waals surface area contributed by atoms with Crippen LogP contribution in [0.2, 0.25) is 5.02 Å². The molecule has 2 bridgehead atoms. The quantitative estimate of drug-likeness (QED) is 0.179. The fraction of sp³-hybridized carbons (Fsp3) is 0.459. The molecule has 4 aliphatic rings. The van der Waals surface area contributed by atoms with Crippen molar-refractivity contribution in [3.63, 3.8) is 0 Å². The van der Waals surface area contributed by atoms with Gasteiger partial charge in [0, 0.05) is 52.9 Å². The number of ether oxygens (including phenoxy) is 1. The zero-order chi connectivity index (χ0) is 32.5. The lowest BCUT2D eigenvalue weighted by Crippen LogP contribution is -2.51. The topological polar surface area (TPSA) is 83.5 Å². The van der Waals surface area contributed by atoms with Gasteiger partial charge in [-0.2, -0.15) is 0 Å². The van der Waals surface area contributed by atoms with Gasteiger partial charge in [0.2, 0.25) is 0 Å². The minimum Gasteiger partial charge on any atom is -0.426 e. The average molecular weight is 655 g/mol. The Morgan fingerprint density at radius 1 is 1.11 bits per heavy atom. The number of pyridine rings is 1. The van der Waals surface area contributed by atoms with Crippen LogP contribution in [0.3, 0.4) is 0 Å². The van der Waals surface area contributed by atoms with E-state index in [-0.39, 0.29) is 16.7 Å². The number of aromatic nitrogens is 3. The highest BCUT2D eigenvalue weighted by molar-refractivity contribution is 6.36. The maximum atomic E-state index is 17.1. The number of piperazine rings is 1. The lowest BCUT2D eigenvalue weighted by Gasteiger charge is -2.34. The van der Waals surface area contributed by atoms with E-state index in [4.69, 9.17) is 31.3 Å². The molecule has 4 aromatic rings. The van der Waals surface area contributed by atoms with Crippen molar-refractivity contribution in [3.05, 3.63) is 59.3 Å². The molecular weight excluding hydrogens is 615 g/mol. The predicted octanol–water partition coefficient (Wildman–Crippen LogP) is 7.17. The summed E-state index contributed by atoms with van der Waals surface area (Å²) >= 11 is 6.74. The van der Waals surface area contributed by atoms with Crippen molar-refractivity contribution < 1.29 is 13.9 Å². The molecule has 6 heterocycles. The third-order valence-corrected chi connectivity index (χ3v) is 10.7. The molecular formula is C37H40ClFN6O2.